The summed E-state index contributed by atoms with van der Waals surface area (Å²) >= 11 is 0. The summed E-state index contributed by atoms with van der Waals surface area (Å²) in [4.78, 5) is 0. The summed E-state index contributed by atoms with van der Waals surface area (Å²) in [5.74, 6) is -0.0401. The fourth-order valence-corrected chi connectivity index (χ4v) is 6.56. The van der Waals surface area contributed by atoms with Gasteiger partial charge in [0.05, 0.1) is 5.56 Å². The van der Waals surface area contributed by atoms with Gasteiger partial charge in [-0.3, -0.25) is 0 Å². The Morgan fingerprint density at radius 2 is 1.24 bits per heavy atom. The Morgan fingerprint density at radius 3 is 1.76 bits per heavy atom. The van der Waals surface area contributed by atoms with Gasteiger partial charge in [0, 0.05) is 0 Å². The van der Waals surface area contributed by atoms with Crippen molar-refractivity contribution in [1.29, 1.82) is 0 Å². The van der Waals surface area contributed by atoms with E-state index in [1.807, 2.05) is 0 Å². The van der Waals surface area contributed by atoms with E-state index in [9.17, 15) is 22.0 Å². The zero-order valence-corrected chi connectivity index (χ0v) is 22.5. The van der Waals surface area contributed by atoms with Gasteiger partial charge in [-0.1, -0.05) is 90.0 Å². The molecule has 38 heavy (non-hydrogen) atoms. The number of rotatable bonds is 11. The van der Waals surface area contributed by atoms with Crippen LogP contribution in [0.25, 0.3) is 11.1 Å². The second-order valence-electron chi connectivity index (χ2n) is 11.8. The van der Waals surface area contributed by atoms with Crippen molar-refractivity contribution in [3.8, 4) is 16.9 Å². The Bertz CT molecular complexity index is 1000. The van der Waals surface area contributed by atoms with Crippen molar-refractivity contribution >= 4 is 0 Å². The van der Waals surface area contributed by atoms with Crippen LogP contribution >= 0.6 is 0 Å². The lowest BCUT2D eigenvalue weighted by Gasteiger charge is -2.29. The van der Waals surface area contributed by atoms with E-state index in [2.05, 4.69) is 11.7 Å². The Kier molecular flexibility index (Phi) is 10.5. The molecule has 2 fully saturated rings. The van der Waals surface area contributed by atoms with Gasteiger partial charge in [0.2, 0.25) is 0 Å². The molecule has 210 valence electrons. The minimum Gasteiger partial charge on any atom is -0.432 e. The van der Waals surface area contributed by atoms with Gasteiger partial charge in [-0.25, -0.2) is 13.2 Å². The highest BCUT2D eigenvalue weighted by atomic mass is 19.3. The lowest BCUT2D eigenvalue weighted by Crippen LogP contribution is -2.15. The van der Waals surface area contributed by atoms with Crippen molar-refractivity contribution in [2.75, 3.05) is 0 Å². The van der Waals surface area contributed by atoms with Gasteiger partial charge in [0.25, 0.3) is 0 Å². The summed E-state index contributed by atoms with van der Waals surface area (Å²) in [6, 6.07) is 5.55. The van der Waals surface area contributed by atoms with Crippen LogP contribution in [0.15, 0.2) is 30.3 Å². The Morgan fingerprint density at radius 1 is 0.711 bits per heavy atom. The molecule has 2 aromatic rings. The second kappa shape index (κ2) is 13.8. The molecule has 6 heteroatoms. The Balaban J connectivity index is 1.20. The lowest BCUT2D eigenvalue weighted by molar-refractivity contribution is -0.0521. The molecule has 0 N–H and O–H groups in total. The van der Waals surface area contributed by atoms with Crippen molar-refractivity contribution in [1.82, 2.24) is 0 Å². The molecule has 0 aliphatic heterocycles. The molecule has 0 saturated heterocycles. The number of hydrogen-bond acceptors (Lipinski definition) is 1. The van der Waals surface area contributed by atoms with Crippen LogP contribution in [0.5, 0.6) is 5.75 Å². The highest BCUT2D eigenvalue weighted by Crippen LogP contribution is 2.37. The van der Waals surface area contributed by atoms with E-state index in [1.165, 1.54) is 95.2 Å². The van der Waals surface area contributed by atoms with E-state index in [4.69, 9.17) is 0 Å². The average Bonchev–Trinajstić information content (AvgIpc) is 2.88. The van der Waals surface area contributed by atoms with Crippen molar-refractivity contribution in [2.45, 2.75) is 103 Å². The summed E-state index contributed by atoms with van der Waals surface area (Å²) in [5, 5.41) is 0. The molecule has 4 rings (SSSR count). The summed E-state index contributed by atoms with van der Waals surface area (Å²) in [6.45, 7) is -0.804. The fourth-order valence-electron chi connectivity index (χ4n) is 6.56. The summed E-state index contributed by atoms with van der Waals surface area (Å²) in [6.07, 6.45) is 17.5. The number of hydrogen-bond donors (Lipinski definition) is 0. The average molecular weight is 537 g/mol. The first kappa shape index (κ1) is 28.9. The minimum atomic E-state index is -3.18. The van der Waals surface area contributed by atoms with Crippen LogP contribution in [0.3, 0.4) is 0 Å². The zero-order valence-electron chi connectivity index (χ0n) is 22.5. The van der Waals surface area contributed by atoms with Gasteiger partial charge in [-0.2, -0.15) is 8.78 Å². The largest absolute Gasteiger partial charge is 0.432 e. The topological polar surface area (TPSA) is 9.23 Å². The van der Waals surface area contributed by atoms with Crippen LogP contribution in [-0.2, 0) is 6.42 Å². The van der Waals surface area contributed by atoms with Gasteiger partial charge in [0.1, 0.15) is 11.6 Å². The van der Waals surface area contributed by atoms with E-state index in [-0.39, 0.29) is 11.1 Å². The van der Waals surface area contributed by atoms with Gasteiger partial charge < -0.3 is 4.74 Å². The van der Waals surface area contributed by atoms with Crippen molar-refractivity contribution < 1.29 is 26.7 Å². The maximum Gasteiger partial charge on any atom is 0.387 e. The second-order valence-corrected chi connectivity index (χ2v) is 11.8. The van der Waals surface area contributed by atoms with E-state index in [0.29, 0.717) is 17.9 Å². The van der Waals surface area contributed by atoms with Gasteiger partial charge >= 0.3 is 6.61 Å². The number of halogens is 5. The van der Waals surface area contributed by atoms with Gasteiger partial charge in [-0.05, 0) is 71.9 Å². The molecule has 2 saturated carbocycles. The predicted molar refractivity (Wildman–Crippen MR) is 142 cm³/mol. The molecular weight excluding hydrogens is 495 g/mol. The number of ether oxygens (including phenoxy) is 1. The fraction of sp³-hybridized carbons (Fsp3) is 0.625. The highest BCUT2D eigenvalue weighted by Gasteiger charge is 2.23. The molecule has 1 nitrogen and oxygen atoms in total. The quantitative estimate of drug-likeness (QED) is 0.205. The third kappa shape index (κ3) is 8.19. The van der Waals surface area contributed by atoms with Crippen LogP contribution in [0.1, 0.15) is 96.0 Å². The third-order valence-corrected chi connectivity index (χ3v) is 8.96. The molecule has 0 spiro atoms. The highest BCUT2D eigenvalue weighted by molar-refractivity contribution is 5.66. The molecule has 0 unspecified atom stereocenters. The molecule has 2 aliphatic rings. The Hall–Kier alpha value is -2.11. The van der Waals surface area contributed by atoms with E-state index in [0.717, 1.165) is 36.3 Å². The molecule has 0 aromatic heterocycles. The molecule has 0 amide bonds. The van der Waals surface area contributed by atoms with Crippen molar-refractivity contribution in [3.63, 3.8) is 0 Å². The maximum absolute atomic E-state index is 14.8. The molecule has 0 atom stereocenters. The number of benzene rings is 2. The van der Waals surface area contributed by atoms with Gasteiger partial charge in [-0.15, -0.1) is 0 Å². The van der Waals surface area contributed by atoms with Crippen LogP contribution in [0.2, 0.25) is 0 Å². The first-order valence-electron chi connectivity index (χ1n) is 14.5. The van der Waals surface area contributed by atoms with Gasteiger partial charge in [0.15, 0.2) is 11.6 Å². The maximum atomic E-state index is 14.8. The van der Waals surface area contributed by atoms with Crippen LogP contribution < -0.4 is 4.74 Å². The smallest absolute Gasteiger partial charge is 0.387 e. The van der Waals surface area contributed by atoms with E-state index in [1.54, 1.807) is 0 Å². The van der Waals surface area contributed by atoms with E-state index >= 15 is 0 Å². The first-order chi connectivity index (χ1) is 18.3. The van der Waals surface area contributed by atoms with Crippen LogP contribution in [0.4, 0.5) is 22.0 Å². The lowest BCUT2D eigenvalue weighted by atomic mass is 9.77. The number of alkyl halides is 2. The van der Waals surface area contributed by atoms with Crippen LogP contribution in [0, 0.1) is 41.1 Å². The first-order valence-corrected chi connectivity index (χ1v) is 14.5. The van der Waals surface area contributed by atoms with Crippen molar-refractivity contribution in [2.24, 2.45) is 23.7 Å². The Labute approximate surface area is 224 Å². The normalized spacial score (nSPS) is 24.1. The van der Waals surface area contributed by atoms with E-state index < -0.39 is 29.8 Å². The molecule has 0 heterocycles. The zero-order chi connectivity index (χ0) is 27.1. The monoisotopic (exact) mass is 536 g/mol. The summed E-state index contributed by atoms with van der Waals surface area (Å²) in [7, 11) is 0. The summed E-state index contributed by atoms with van der Waals surface area (Å²) < 4.78 is 72.5. The molecule has 2 aliphatic carbocycles. The summed E-state index contributed by atoms with van der Waals surface area (Å²) in [5.41, 5.74) is 0.160. The molecule has 2 aromatic carbocycles. The minimum absolute atomic E-state index is 0.0580. The third-order valence-electron chi connectivity index (χ3n) is 8.96. The molecule has 0 radical (unpaired) electrons. The standard InChI is InChI=1S/C32H41F5O/c1-21-6-8-22(9-7-21)4-2-3-5-23-10-12-24(13-11-23)14-15-25-18-28(34)31(29(35)19-25)26-16-17-30(27(33)20-26)38-32(36)37/h16-24,32H,2-15H2,1H3. The van der Waals surface area contributed by atoms with Crippen molar-refractivity contribution in [3.05, 3.63) is 53.3 Å². The molecular formula is C32H41F5O. The van der Waals surface area contributed by atoms with Crippen LogP contribution in [-0.4, -0.2) is 6.61 Å². The SMILES string of the molecule is CC1CCC(CCCCC2CCC(CCc3cc(F)c(-c4ccc(OC(F)F)c(F)c4)c(F)c3)CC2)CC1. The molecule has 0 bridgehead atoms. The predicted octanol–water partition coefficient (Wildman–Crippen LogP) is 10.5. The number of aryl methyl sites for hydroxylation is 1. The number of unbranched alkanes of at least 4 members (excludes halogenated alkanes) is 1.